The van der Waals surface area contributed by atoms with Crippen LogP contribution in [-0.2, 0) is 20.9 Å². The second-order valence-electron chi connectivity index (χ2n) is 11.6. The van der Waals surface area contributed by atoms with Crippen LogP contribution in [0.25, 0.3) is 0 Å². The minimum atomic E-state index is -2.25. The Morgan fingerprint density at radius 3 is 2.51 bits per heavy atom. The van der Waals surface area contributed by atoms with E-state index in [9.17, 15) is 27.9 Å². The predicted molar refractivity (Wildman–Crippen MR) is 161 cm³/mol. The number of carbonyl (C=O) groups is 2. The van der Waals surface area contributed by atoms with E-state index in [-0.39, 0.29) is 36.1 Å². The number of carbonyl (C=O) groups excluding carboxylic acids is 2. The summed E-state index contributed by atoms with van der Waals surface area (Å²) in [5.74, 6) is -2.35. The normalized spacial score (nSPS) is 24.2. The van der Waals surface area contributed by atoms with Gasteiger partial charge in [0.2, 0.25) is 5.60 Å². The Hall–Kier alpha value is -3.71. The second kappa shape index (κ2) is 13.0. The average molecular weight is 644 g/mol. The average Bonchev–Trinajstić information content (AvgIpc) is 3.35. The molecule has 238 valence electrons. The Morgan fingerprint density at radius 1 is 1.02 bits per heavy atom. The zero-order valence-electron chi connectivity index (χ0n) is 24.4. The fourth-order valence-corrected chi connectivity index (χ4v) is 6.52. The van der Waals surface area contributed by atoms with Crippen molar-refractivity contribution in [1.29, 1.82) is 0 Å². The van der Waals surface area contributed by atoms with Crippen LogP contribution in [-0.4, -0.2) is 77.8 Å². The van der Waals surface area contributed by atoms with Crippen molar-refractivity contribution in [2.75, 3.05) is 49.1 Å². The first kappa shape index (κ1) is 31.3. The molecule has 45 heavy (non-hydrogen) atoms. The van der Waals surface area contributed by atoms with E-state index >= 15 is 0 Å². The maximum atomic E-state index is 14.2. The lowest BCUT2D eigenvalue weighted by atomic mass is 9.97. The molecule has 0 spiro atoms. The first-order chi connectivity index (χ1) is 21.6. The van der Waals surface area contributed by atoms with Crippen molar-refractivity contribution in [3.05, 3.63) is 88.3 Å². The van der Waals surface area contributed by atoms with Gasteiger partial charge in [-0.2, -0.15) is 0 Å². The van der Waals surface area contributed by atoms with Gasteiger partial charge in [-0.1, -0.05) is 11.6 Å². The number of pyridine rings is 1. The van der Waals surface area contributed by atoms with E-state index < -0.39 is 41.0 Å². The largest absolute Gasteiger partial charge is 0.372 e. The van der Waals surface area contributed by atoms with E-state index in [2.05, 4.69) is 20.1 Å². The summed E-state index contributed by atoms with van der Waals surface area (Å²) < 4.78 is 47.4. The minimum Gasteiger partial charge on any atom is -0.372 e. The number of halogens is 4. The van der Waals surface area contributed by atoms with E-state index in [1.165, 1.54) is 23.1 Å². The number of rotatable bonds is 7. The quantitative estimate of drug-likeness (QED) is 0.376. The van der Waals surface area contributed by atoms with Crippen LogP contribution < -0.4 is 15.1 Å². The van der Waals surface area contributed by atoms with Crippen molar-refractivity contribution in [2.45, 2.75) is 43.6 Å². The Labute approximate surface area is 263 Å². The molecule has 0 bridgehead atoms. The van der Waals surface area contributed by atoms with Gasteiger partial charge in [0.25, 0.3) is 11.8 Å². The van der Waals surface area contributed by atoms with Crippen LogP contribution in [0.1, 0.15) is 36.5 Å². The number of piperazine rings is 1. The molecule has 2 N–H and O–H groups in total. The SMILES string of the molecule is O=C(NCc1cc(F)cc(Cl)c1)[C@@]1(O)CCN(c2ccc(N3CCN([C@@H]4CC[C@@H](c5cc(F)ccc5F)OC4)CC3)nc2)C1=O. The van der Waals surface area contributed by atoms with Crippen molar-refractivity contribution in [2.24, 2.45) is 0 Å². The highest BCUT2D eigenvalue weighted by Gasteiger charge is 2.51. The summed E-state index contributed by atoms with van der Waals surface area (Å²) in [6.07, 6.45) is 2.43. The molecule has 3 saturated heterocycles. The number of benzene rings is 2. The first-order valence-electron chi connectivity index (χ1n) is 14.9. The van der Waals surface area contributed by atoms with E-state index in [1.54, 1.807) is 12.3 Å². The number of ether oxygens (including phenoxy) is 1. The van der Waals surface area contributed by atoms with Gasteiger partial charge >= 0.3 is 0 Å². The van der Waals surface area contributed by atoms with Crippen molar-refractivity contribution in [3.8, 4) is 0 Å². The molecule has 4 heterocycles. The molecule has 6 rings (SSSR count). The Morgan fingerprint density at radius 2 is 1.82 bits per heavy atom. The van der Waals surface area contributed by atoms with Gasteiger partial charge in [0, 0.05) is 62.3 Å². The van der Waals surface area contributed by atoms with Crippen molar-refractivity contribution in [3.63, 3.8) is 0 Å². The summed E-state index contributed by atoms with van der Waals surface area (Å²) in [7, 11) is 0. The van der Waals surface area contributed by atoms with E-state index in [0.29, 0.717) is 24.3 Å². The summed E-state index contributed by atoms with van der Waals surface area (Å²) in [5.41, 5.74) is -1.12. The second-order valence-corrected chi connectivity index (χ2v) is 12.1. The molecular formula is C32H33ClF3N5O4. The number of hydrogen-bond donors (Lipinski definition) is 2. The molecule has 3 atom stereocenters. The lowest BCUT2D eigenvalue weighted by molar-refractivity contribution is -0.149. The summed E-state index contributed by atoms with van der Waals surface area (Å²) in [6.45, 7) is 3.49. The van der Waals surface area contributed by atoms with Gasteiger partial charge in [-0.25, -0.2) is 18.2 Å². The van der Waals surface area contributed by atoms with Crippen LogP contribution >= 0.6 is 11.6 Å². The number of amides is 2. The van der Waals surface area contributed by atoms with Crippen LogP contribution in [0.2, 0.25) is 5.02 Å². The molecule has 3 aromatic rings. The first-order valence-corrected chi connectivity index (χ1v) is 15.3. The predicted octanol–water partition coefficient (Wildman–Crippen LogP) is 3.98. The highest BCUT2D eigenvalue weighted by molar-refractivity contribution is 6.30. The third-order valence-electron chi connectivity index (χ3n) is 8.80. The highest BCUT2D eigenvalue weighted by Crippen LogP contribution is 2.33. The van der Waals surface area contributed by atoms with E-state index in [0.717, 1.165) is 56.6 Å². The van der Waals surface area contributed by atoms with Crippen LogP contribution in [0, 0.1) is 17.5 Å². The zero-order chi connectivity index (χ0) is 31.7. The van der Waals surface area contributed by atoms with Crippen LogP contribution in [0.15, 0.2) is 54.7 Å². The number of nitrogens with zero attached hydrogens (tertiary/aromatic N) is 4. The standard InChI is InChI=1S/C32H33ClF3N5O4/c33-21-13-20(14-23(35)15-21)17-38-30(42)32(44)7-8-41(31(32)43)24-3-6-29(37-18-24)40-11-9-39(10-12-40)25-2-5-28(45-19-25)26-16-22(34)1-4-27(26)36/h1,3-4,6,13-16,18,25,28,44H,2,5,7-12,17,19H2,(H,38,42)/t25-,28+,32+/m1/s1. The van der Waals surface area contributed by atoms with E-state index in [4.69, 9.17) is 16.3 Å². The van der Waals surface area contributed by atoms with Crippen LogP contribution in [0.4, 0.5) is 24.7 Å². The Kier molecular flexibility index (Phi) is 9.00. The maximum Gasteiger partial charge on any atom is 0.268 e. The van der Waals surface area contributed by atoms with Gasteiger partial charge in [0.1, 0.15) is 23.3 Å². The van der Waals surface area contributed by atoms with Crippen molar-refractivity contribution >= 4 is 34.9 Å². The fraction of sp³-hybridized carbons (Fsp3) is 0.406. The van der Waals surface area contributed by atoms with Crippen LogP contribution in [0.3, 0.4) is 0 Å². The monoisotopic (exact) mass is 643 g/mol. The summed E-state index contributed by atoms with van der Waals surface area (Å²) in [6, 6.07) is 11.0. The molecule has 13 heteroatoms. The molecule has 0 radical (unpaired) electrons. The maximum absolute atomic E-state index is 14.2. The smallest absolute Gasteiger partial charge is 0.268 e. The molecule has 3 aliphatic heterocycles. The lowest BCUT2D eigenvalue weighted by Crippen LogP contribution is -2.53. The molecule has 0 aliphatic carbocycles. The van der Waals surface area contributed by atoms with Crippen LogP contribution in [0.5, 0.6) is 0 Å². The zero-order valence-corrected chi connectivity index (χ0v) is 25.2. The molecule has 0 unspecified atom stereocenters. The van der Waals surface area contributed by atoms with Gasteiger partial charge in [-0.05, 0) is 66.9 Å². The summed E-state index contributed by atoms with van der Waals surface area (Å²) in [5, 5.41) is 13.6. The number of hydrogen-bond acceptors (Lipinski definition) is 7. The Balaban J connectivity index is 0.994. The number of aromatic nitrogens is 1. The van der Waals surface area contributed by atoms with Gasteiger partial charge in [-0.15, -0.1) is 0 Å². The third-order valence-corrected chi connectivity index (χ3v) is 9.02. The van der Waals surface area contributed by atoms with Crippen molar-refractivity contribution in [1.82, 2.24) is 15.2 Å². The third kappa shape index (κ3) is 6.64. The fourth-order valence-electron chi connectivity index (χ4n) is 6.28. The molecule has 3 aliphatic rings. The summed E-state index contributed by atoms with van der Waals surface area (Å²) >= 11 is 5.86. The molecular weight excluding hydrogens is 611 g/mol. The molecule has 2 aromatic carbocycles. The van der Waals surface area contributed by atoms with Gasteiger partial charge in [0.15, 0.2) is 0 Å². The number of nitrogens with one attached hydrogen (secondary N) is 1. The number of anilines is 2. The summed E-state index contributed by atoms with van der Waals surface area (Å²) in [4.78, 5) is 36.3. The minimum absolute atomic E-state index is 0.0986. The Bertz CT molecular complexity index is 1540. The van der Waals surface area contributed by atoms with Gasteiger partial charge in [0.05, 0.1) is 24.6 Å². The molecule has 2 amide bonds. The molecule has 1 aromatic heterocycles. The molecule has 3 fully saturated rings. The highest BCUT2D eigenvalue weighted by atomic mass is 35.5. The molecule has 9 nitrogen and oxygen atoms in total. The topological polar surface area (TPSA) is 98.2 Å². The van der Waals surface area contributed by atoms with Gasteiger partial charge < -0.3 is 25.0 Å². The van der Waals surface area contributed by atoms with E-state index in [1.807, 2.05) is 6.07 Å². The lowest BCUT2D eigenvalue weighted by Gasteiger charge is -2.42. The van der Waals surface area contributed by atoms with Gasteiger partial charge in [-0.3, -0.25) is 14.5 Å². The molecule has 0 saturated carbocycles. The van der Waals surface area contributed by atoms with Crippen molar-refractivity contribution < 1.29 is 32.6 Å². The number of aliphatic hydroxyl groups is 1.